The first-order chi connectivity index (χ1) is 10.2. The molecule has 0 spiro atoms. The molecule has 22 heavy (non-hydrogen) atoms. The van der Waals surface area contributed by atoms with Gasteiger partial charge in [0.25, 0.3) is 10.0 Å². The van der Waals surface area contributed by atoms with Gasteiger partial charge in [0.05, 0.1) is 21.7 Å². The minimum Gasteiger partial charge on any atom is -0.277 e. The second kappa shape index (κ2) is 6.24. The van der Waals surface area contributed by atoms with Crippen LogP contribution in [-0.2, 0) is 20.0 Å². The van der Waals surface area contributed by atoms with Gasteiger partial charge in [-0.25, -0.2) is 22.0 Å². The van der Waals surface area contributed by atoms with E-state index in [9.17, 15) is 16.8 Å². The van der Waals surface area contributed by atoms with Gasteiger partial charge in [0.1, 0.15) is 0 Å². The van der Waals surface area contributed by atoms with Crippen LogP contribution in [0.2, 0.25) is 0 Å². The lowest BCUT2D eigenvalue weighted by Crippen LogP contribution is -2.16. The van der Waals surface area contributed by atoms with Crippen molar-refractivity contribution < 1.29 is 16.8 Å². The molecule has 0 saturated carbocycles. The number of hydrogen-bond donors (Lipinski definition) is 2. The number of pyridine rings is 1. The Kier molecular flexibility index (Phi) is 4.75. The van der Waals surface area contributed by atoms with Crippen molar-refractivity contribution in [1.82, 2.24) is 4.98 Å². The Morgan fingerprint density at radius 3 is 2.45 bits per heavy atom. The second-order valence-electron chi connectivity index (χ2n) is 4.20. The zero-order valence-electron chi connectivity index (χ0n) is 11.4. The van der Waals surface area contributed by atoms with Gasteiger partial charge in [-0.05, 0) is 30.5 Å². The molecule has 1 aromatic heterocycles. The highest BCUT2D eigenvalue weighted by molar-refractivity contribution is 7.99. The van der Waals surface area contributed by atoms with Crippen molar-refractivity contribution >= 4 is 37.5 Å². The van der Waals surface area contributed by atoms with E-state index in [1.54, 1.807) is 18.5 Å². The van der Waals surface area contributed by atoms with Crippen molar-refractivity contribution in [1.29, 1.82) is 0 Å². The molecule has 10 heteroatoms. The molecule has 0 saturated heterocycles. The largest absolute Gasteiger partial charge is 0.277 e. The highest BCUT2D eigenvalue weighted by atomic mass is 32.2. The van der Waals surface area contributed by atoms with E-state index in [1.807, 2.05) is 0 Å². The van der Waals surface area contributed by atoms with Gasteiger partial charge in [0.15, 0.2) is 0 Å². The van der Waals surface area contributed by atoms with Gasteiger partial charge in [0, 0.05) is 11.1 Å². The Balaban J connectivity index is 2.43. The fourth-order valence-corrected chi connectivity index (χ4v) is 3.99. The molecule has 7 nitrogen and oxygen atoms in total. The van der Waals surface area contributed by atoms with E-state index in [4.69, 9.17) is 5.14 Å². The number of sulfonamides is 2. The van der Waals surface area contributed by atoms with Crippen LogP contribution in [0.25, 0.3) is 0 Å². The molecule has 1 aromatic carbocycles. The maximum atomic E-state index is 12.4. The van der Waals surface area contributed by atoms with E-state index >= 15 is 0 Å². The molecule has 0 fully saturated rings. The fraction of sp³-hybridized carbons (Fsp3) is 0.0833. The zero-order valence-corrected chi connectivity index (χ0v) is 13.9. The van der Waals surface area contributed by atoms with Crippen LogP contribution in [0.3, 0.4) is 0 Å². The first-order valence-corrected chi connectivity index (χ1v) is 10.1. The molecule has 0 radical (unpaired) electrons. The van der Waals surface area contributed by atoms with Crippen molar-refractivity contribution in [3.63, 3.8) is 0 Å². The molecular formula is C12H13N3O4S3. The molecule has 2 aromatic rings. The number of rotatable bonds is 5. The van der Waals surface area contributed by atoms with Crippen LogP contribution in [-0.4, -0.2) is 28.1 Å². The summed E-state index contributed by atoms with van der Waals surface area (Å²) in [4.78, 5) is 4.10. The monoisotopic (exact) mass is 359 g/mol. The van der Waals surface area contributed by atoms with Crippen LogP contribution in [0, 0.1) is 0 Å². The van der Waals surface area contributed by atoms with E-state index < -0.39 is 20.0 Å². The molecule has 0 aliphatic rings. The van der Waals surface area contributed by atoms with Crippen LogP contribution < -0.4 is 9.86 Å². The van der Waals surface area contributed by atoms with Crippen LogP contribution >= 0.6 is 11.8 Å². The quantitative estimate of drug-likeness (QED) is 0.776. The van der Waals surface area contributed by atoms with E-state index in [1.165, 1.54) is 36.2 Å². The van der Waals surface area contributed by atoms with Crippen LogP contribution in [0.4, 0.5) is 5.69 Å². The van der Waals surface area contributed by atoms with Crippen LogP contribution in [0.15, 0.2) is 57.4 Å². The lowest BCUT2D eigenvalue weighted by molar-refractivity contribution is 0.597. The van der Waals surface area contributed by atoms with Gasteiger partial charge >= 0.3 is 0 Å². The van der Waals surface area contributed by atoms with Crippen molar-refractivity contribution in [2.75, 3.05) is 11.0 Å². The summed E-state index contributed by atoms with van der Waals surface area (Å²) in [5.74, 6) is 0. The topological polar surface area (TPSA) is 119 Å². The van der Waals surface area contributed by atoms with Crippen LogP contribution in [0.1, 0.15) is 0 Å². The first-order valence-electron chi connectivity index (χ1n) is 5.88. The number of aromatic nitrogens is 1. The van der Waals surface area contributed by atoms with Gasteiger partial charge in [-0.1, -0.05) is 6.07 Å². The Morgan fingerprint density at radius 1 is 1.14 bits per heavy atom. The van der Waals surface area contributed by atoms with Gasteiger partial charge < -0.3 is 0 Å². The summed E-state index contributed by atoms with van der Waals surface area (Å²) in [6, 6.07) is 6.50. The summed E-state index contributed by atoms with van der Waals surface area (Å²) >= 11 is 1.36. The predicted molar refractivity (Wildman–Crippen MR) is 84.6 cm³/mol. The predicted octanol–water partition coefficient (Wildman–Crippen LogP) is 1.25. The van der Waals surface area contributed by atoms with Gasteiger partial charge in [-0.15, -0.1) is 11.8 Å². The lowest BCUT2D eigenvalue weighted by atomic mass is 10.4. The van der Waals surface area contributed by atoms with E-state index in [-0.39, 0.29) is 9.79 Å². The number of primary sulfonamides is 1. The third kappa shape index (κ3) is 3.77. The third-order valence-corrected chi connectivity index (χ3v) is 5.76. The Bertz CT molecular complexity index is 895. The molecule has 0 amide bonds. The maximum Gasteiger partial charge on any atom is 0.262 e. The number of thioether (sulfide) groups is 1. The Morgan fingerprint density at radius 2 is 1.82 bits per heavy atom. The summed E-state index contributed by atoms with van der Waals surface area (Å²) in [5.41, 5.74) is 0.316. The highest BCUT2D eigenvalue weighted by Crippen LogP contribution is 2.26. The summed E-state index contributed by atoms with van der Waals surface area (Å²) in [6.45, 7) is 0. The fourth-order valence-electron chi connectivity index (χ4n) is 1.66. The minimum atomic E-state index is -3.98. The molecule has 0 aliphatic heterocycles. The number of benzene rings is 1. The van der Waals surface area contributed by atoms with Crippen molar-refractivity contribution in [2.24, 2.45) is 5.14 Å². The Hall–Kier alpha value is -1.62. The molecule has 2 rings (SSSR count). The van der Waals surface area contributed by atoms with E-state index in [0.29, 0.717) is 10.6 Å². The van der Waals surface area contributed by atoms with Gasteiger partial charge in [-0.3, -0.25) is 9.71 Å². The average Bonchev–Trinajstić information content (AvgIpc) is 2.47. The first kappa shape index (κ1) is 16.7. The maximum absolute atomic E-state index is 12.4. The standard InChI is InChI=1S/C12H13N3O4S3/c1-20-12-5-6-14-8-11(12)15-22(18,19)10-4-2-3-9(7-10)21(13,16)17/h2-8,15H,1H3,(H2,13,16,17). The van der Waals surface area contributed by atoms with Gasteiger partial charge in [0.2, 0.25) is 10.0 Å². The summed E-state index contributed by atoms with van der Waals surface area (Å²) in [7, 11) is -7.93. The molecule has 0 bridgehead atoms. The number of hydrogen-bond acceptors (Lipinski definition) is 6. The van der Waals surface area contributed by atoms with Crippen molar-refractivity contribution in [3.8, 4) is 0 Å². The van der Waals surface area contributed by atoms with E-state index in [2.05, 4.69) is 9.71 Å². The number of nitrogens with zero attached hydrogens (tertiary/aromatic N) is 1. The van der Waals surface area contributed by atoms with Crippen LogP contribution in [0.5, 0.6) is 0 Å². The average molecular weight is 359 g/mol. The molecule has 1 heterocycles. The van der Waals surface area contributed by atoms with Crippen molar-refractivity contribution in [2.45, 2.75) is 14.7 Å². The molecule has 0 atom stereocenters. The number of anilines is 1. The summed E-state index contributed by atoms with van der Waals surface area (Å²) < 4.78 is 49.8. The van der Waals surface area contributed by atoms with Gasteiger partial charge in [-0.2, -0.15) is 0 Å². The zero-order chi connectivity index (χ0) is 16.4. The third-order valence-electron chi connectivity index (χ3n) is 2.69. The van der Waals surface area contributed by atoms with E-state index in [0.717, 1.165) is 6.07 Å². The molecular weight excluding hydrogens is 346 g/mol. The molecule has 0 unspecified atom stereocenters. The minimum absolute atomic E-state index is 0.199. The Labute approximate surface area is 133 Å². The second-order valence-corrected chi connectivity index (χ2v) is 8.29. The highest BCUT2D eigenvalue weighted by Gasteiger charge is 2.18. The molecule has 0 aliphatic carbocycles. The summed E-state index contributed by atoms with van der Waals surface area (Å²) in [5, 5.41) is 5.01. The molecule has 3 N–H and O–H groups in total. The number of nitrogens with two attached hydrogens (primary N) is 1. The smallest absolute Gasteiger partial charge is 0.262 e. The molecule has 118 valence electrons. The normalized spacial score (nSPS) is 12.1. The number of nitrogens with one attached hydrogen (secondary N) is 1. The lowest BCUT2D eigenvalue weighted by Gasteiger charge is -2.11. The van der Waals surface area contributed by atoms with Crippen molar-refractivity contribution in [3.05, 3.63) is 42.7 Å². The summed E-state index contributed by atoms with van der Waals surface area (Å²) in [6.07, 6.45) is 4.73. The SMILES string of the molecule is CSc1ccncc1NS(=O)(=O)c1cccc(S(N)(=O)=O)c1.